The monoisotopic (exact) mass is 398 g/mol. The van der Waals surface area contributed by atoms with Crippen molar-refractivity contribution in [2.45, 2.75) is 19.5 Å². The number of benzene rings is 2. The van der Waals surface area contributed by atoms with Gasteiger partial charge in [-0.25, -0.2) is 0 Å². The molecule has 0 atom stereocenters. The topological polar surface area (TPSA) is 59.1 Å². The average Bonchev–Trinajstić information content (AvgIpc) is 2.68. The van der Waals surface area contributed by atoms with E-state index < -0.39 is 17.6 Å². The molecule has 0 aliphatic rings. The molecule has 1 aromatic heterocycles. The maximum atomic E-state index is 13.4. The van der Waals surface area contributed by atoms with Gasteiger partial charge in [-0.05, 0) is 42.3 Å². The van der Waals surface area contributed by atoms with Crippen molar-refractivity contribution < 1.29 is 22.8 Å². The second kappa shape index (κ2) is 8.26. The first kappa shape index (κ1) is 20.3. The molecular weight excluding hydrogens is 381 g/mol. The highest BCUT2D eigenvalue weighted by atomic mass is 19.4. The zero-order valence-electron chi connectivity index (χ0n) is 15.5. The fourth-order valence-electron chi connectivity index (χ4n) is 2.81. The summed E-state index contributed by atoms with van der Waals surface area (Å²) >= 11 is 0. The van der Waals surface area contributed by atoms with Crippen molar-refractivity contribution >= 4 is 17.4 Å². The molecule has 0 bridgehead atoms. The van der Waals surface area contributed by atoms with Gasteiger partial charge in [-0.15, -0.1) is 0 Å². The number of Topliss-reactive ketones (excluding diaryl/α,β-unsaturated/α-hetero) is 1. The number of aromatic nitrogens is 1. The highest BCUT2D eigenvalue weighted by molar-refractivity contribution is 5.95. The molecule has 1 N–H and O–H groups in total. The van der Waals surface area contributed by atoms with Crippen molar-refractivity contribution in [3.05, 3.63) is 83.7 Å². The van der Waals surface area contributed by atoms with Crippen LogP contribution < -0.4 is 5.32 Å². The van der Waals surface area contributed by atoms with Gasteiger partial charge in [0.15, 0.2) is 5.78 Å². The van der Waals surface area contributed by atoms with Crippen molar-refractivity contribution in [3.8, 4) is 11.1 Å². The number of hydrogen-bond donors (Lipinski definition) is 1. The van der Waals surface area contributed by atoms with Gasteiger partial charge in [0.2, 0.25) is 5.91 Å². The molecule has 1 amide bonds. The molecule has 0 radical (unpaired) electrons. The molecule has 0 unspecified atom stereocenters. The van der Waals surface area contributed by atoms with E-state index in [1.165, 1.54) is 31.5 Å². The number of halogens is 3. The summed E-state index contributed by atoms with van der Waals surface area (Å²) in [5, 5.41) is 2.52. The van der Waals surface area contributed by atoms with Gasteiger partial charge in [0.05, 0.1) is 12.0 Å². The lowest BCUT2D eigenvalue weighted by Crippen LogP contribution is -2.15. The largest absolute Gasteiger partial charge is 0.416 e. The summed E-state index contributed by atoms with van der Waals surface area (Å²) in [4.78, 5) is 27.8. The quantitative estimate of drug-likeness (QED) is 0.605. The van der Waals surface area contributed by atoms with Gasteiger partial charge in [0.1, 0.15) is 0 Å². The Hall–Kier alpha value is -3.48. The average molecular weight is 398 g/mol. The molecule has 0 fully saturated rings. The molecule has 0 aliphatic carbocycles. The van der Waals surface area contributed by atoms with E-state index >= 15 is 0 Å². The minimum Gasteiger partial charge on any atom is -0.326 e. The summed E-state index contributed by atoms with van der Waals surface area (Å²) < 4.78 is 40.1. The molecule has 3 rings (SSSR count). The van der Waals surface area contributed by atoms with Crippen LogP contribution in [0.2, 0.25) is 0 Å². The molecule has 29 heavy (non-hydrogen) atoms. The molecule has 7 heteroatoms. The highest BCUT2D eigenvalue weighted by Gasteiger charge is 2.31. The maximum Gasteiger partial charge on any atom is 0.416 e. The van der Waals surface area contributed by atoms with Gasteiger partial charge in [-0.1, -0.05) is 30.3 Å². The third kappa shape index (κ3) is 5.28. The maximum absolute atomic E-state index is 13.4. The van der Waals surface area contributed by atoms with Gasteiger partial charge < -0.3 is 5.32 Å². The van der Waals surface area contributed by atoms with Crippen molar-refractivity contribution in [3.63, 3.8) is 0 Å². The summed E-state index contributed by atoms with van der Waals surface area (Å²) in [6.45, 7) is 1.35. The molecule has 148 valence electrons. The van der Waals surface area contributed by atoms with Gasteiger partial charge in [-0.3, -0.25) is 14.6 Å². The number of alkyl halides is 3. The third-order valence-electron chi connectivity index (χ3n) is 4.23. The first-order valence-corrected chi connectivity index (χ1v) is 8.75. The van der Waals surface area contributed by atoms with E-state index in [1.807, 2.05) is 6.07 Å². The summed E-state index contributed by atoms with van der Waals surface area (Å²) in [6, 6.07) is 13.6. The summed E-state index contributed by atoms with van der Waals surface area (Å²) in [7, 11) is 0. The zero-order chi connectivity index (χ0) is 21.0. The van der Waals surface area contributed by atoms with Crippen molar-refractivity contribution in [1.82, 2.24) is 4.98 Å². The van der Waals surface area contributed by atoms with E-state index in [0.29, 0.717) is 5.56 Å². The highest BCUT2D eigenvalue weighted by Crippen LogP contribution is 2.35. The smallest absolute Gasteiger partial charge is 0.326 e. The number of pyridine rings is 1. The summed E-state index contributed by atoms with van der Waals surface area (Å²) in [6.07, 6.45) is -1.84. The molecule has 3 aromatic rings. The minimum atomic E-state index is -4.60. The van der Waals surface area contributed by atoms with Crippen LogP contribution in [0.25, 0.3) is 11.1 Å². The number of carbonyl (C=O) groups is 2. The molecule has 4 nitrogen and oxygen atoms in total. The third-order valence-corrected chi connectivity index (χ3v) is 4.23. The molecule has 0 saturated carbocycles. The van der Waals surface area contributed by atoms with Crippen molar-refractivity contribution in [2.75, 3.05) is 5.32 Å². The van der Waals surface area contributed by atoms with E-state index in [2.05, 4.69) is 10.3 Å². The second-order valence-electron chi connectivity index (χ2n) is 6.53. The van der Waals surface area contributed by atoms with Crippen molar-refractivity contribution in [2.24, 2.45) is 0 Å². The number of hydrogen-bond acceptors (Lipinski definition) is 3. The normalized spacial score (nSPS) is 11.2. The first-order valence-electron chi connectivity index (χ1n) is 8.75. The van der Waals surface area contributed by atoms with Gasteiger partial charge in [0.25, 0.3) is 0 Å². The second-order valence-corrected chi connectivity index (χ2v) is 6.53. The Labute approximate surface area is 165 Å². The van der Waals surface area contributed by atoms with Crippen LogP contribution in [0, 0.1) is 0 Å². The van der Waals surface area contributed by atoms with Crippen molar-refractivity contribution in [1.29, 1.82) is 0 Å². The number of rotatable bonds is 5. The Bertz CT molecular complexity index is 1050. The Balaban J connectivity index is 1.95. The minimum absolute atomic E-state index is 0.0176. The van der Waals surface area contributed by atoms with Crippen LogP contribution >= 0.6 is 0 Å². The lowest BCUT2D eigenvalue weighted by atomic mass is 10.0. The van der Waals surface area contributed by atoms with Crippen LogP contribution in [-0.4, -0.2) is 16.7 Å². The molecule has 2 aromatic carbocycles. The molecular formula is C22H17F3N2O2. The SMILES string of the molecule is CC(=O)c1cncc(-c2cc(NC(=O)Cc3ccccc3)cc(C(F)(F)F)c2)c1. The van der Waals surface area contributed by atoms with Gasteiger partial charge >= 0.3 is 6.18 Å². The Morgan fingerprint density at radius 3 is 2.34 bits per heavy atom. The van der Waals surface area contributed by atoms with Gasteiger partial charge in [-0.2, -0.15) is 13.2 Å². The number of ketones is 1. The number of amides is 1. The number of nitrogens with one attached hydrogen (secondary N) is 1. The fraction of sp³-hybridized carbons (Fsp3) is 0.136. The van der Waals surface area contributed by atoms with E-state index in [-0.39, 0.29) is 29.0 Å². The van der Waals surface area contributed by atoms with Crippen LogP contribution in [0.15, 0.2) is 67.0 Å². The summed E-state index contributed by atoms with van der Waals surface area (Å²) in [5.74, 6) is -0.681. The van der Waals surface area contributed by atoms with E-state index in [4.69, 9.17) is 0 Å². The predicted molar refractivity (Wildman–Crippen MR) is 103 cm³/mol. The number of nitrogens with zero attached hydrogens (tertiary/aromatic N) is 1. The van der Waals surface area contributed by atoms with Gasteiger partial charge in [0, 0.05) is 29.2 Å². The van der Waals surface area contributed by atoms with Crippen LogP contribution in [0.3, 0.4) is 0 Å². The predicted octanol–water partition coefficient (Wildman–Crippen LogP) is 5.15. The Morgan fingerprint density at radius 1 is 0.966 bits per heavy atom. The Kier molecular flexibility index (Phi) is 5.77. The van der Waals surface area contributed by atoms with E-state index in [9.17, 15) is 22.8 Å². The number of carbonyl (C=O) groups excluding carboxylic acids is 2. The van der Waals surface area contributed by atoms with Crippen LogP contribution in [0.4, 0.5) is 18.9 Å². The van der Waals surface area contributed by atoms with E-state index in [1.54, 1.807) is 24.3 Å². The lowest BCUT2D eigenvalue weighted by Gasteiger charge is -2.14. The fourth-order valence-corrected chi connectivity index (χ4v) is 2.81. The van der Waals surface area contributed by atoms with Crippen LogP contribution in [0.1, 0.15) is 28.4 Å². The summed E-state index contributed by atoms with van der Waals surface area (Å²) in [5.41, 5.74) is 0.695. The molecule has 0 aliphatic heterocycles. The lowest BCUT2D eigenvalue weighted by molar-refractivity contribution is -0.137. The number of anilines is 1. The molecule has 0 spiro atoms. The first-order chi connectivity index (χ1) is 13.7. The van der Waals surface area contributed by atoms with Crippen LogP contribution in [0.5, 0.6) is 0 Å². The molecule has 0 saturated heterocycles. The molecule has 1 heterocycles. The Morgan fingerprint density at radius 2 is 1.69 bits per heavy atom. The van der Waals surface area contributed by atoms with Crippen LogP contribution in [-0.2, 0) is 17.4 Å². The zero-order valence-corrected chi connectivity index (χ0v) is 15.5. The standard InChI is InChI=1S/C22H17F3N2O2/c1-14(28)17-8-18(13-26-12-17)16-9-19(22(23,24)25)11-20(10-16)27-21(29)7-15-5-3-2-4-6-15/h2-6,8-13H,7H2,1H3,(H,27,29). The van der Waals surface area contributed by atoms with E-state index in [0.717, 1.165) is 17.7 Å².